The Hall–Kier alpha value is -1.34. The monoisotopic (exact) mass is 301 g/mol. The van der Waals surface area contributed by atoms with E-state index in [0.717, 1.165) is 0 Å². The number of piperazine rings is 1. The van der Waals surface area contributed by atoms with Crippen LogP contribution in [-0.2, 0) is 9.53 Å². The predicted molar refractivity (Wildman–Crippen MR) is 79.4 cm³/mol. The quantitative estimate of drug-likeness (QED) is 0.776. The lowest BCUT2D eigenvalue weighted by atomic mass is 10.2. The number of hydrogen-bond donors (Lipinski definition) is 1. The third-order valence-corrected chi connectivity index (χ3v) is 3.69. The van der Waals surface area contributed by atoms with Crippen LogP contribution in [0.5, 0.6) is 0 Å². The molecular weight excluding hydrogens is 274 g/mol. The summed E-state index contributed by atoms with van der Waals surface area (Å²) in [5, 5.41) is 9.00. The Morgan fingerprint density at radius 1 is 1.19 bits per heavy atom. The summed E-state index contributed by atoms with van der Waals surface area (Å²) in [5.74, 6) is -0.822. The van der Waals surface area contributed by atoms with Crippen LogP contribution in [0.3, 0.4) is 0 Å². The fraction of sp³-hybridized carbons (Fsp3) is 0.857. The molecule has 2 amide bonds. The average molecular weight is 301 g/mol. The zero-order valence-electron chi connectivity index (χ0n) is 13.4. The number of likely N-dealkylation sites (N-methyl/N-ethyl adjacent to an activating group) is 1. The molecule has 1 N–H and O–H groups in total. The second-order valence-corrected chi connectivity index (χ2v) is 5.66. The Bertz CT molecular complexity index is 354. The molecule has 0 spiro atoms. The minimum atomic E-state index is -0.822. The number of ether oxygens (including phenoxy) is 1. The van der Waals surface area contributed by atoms with Gasteiger partial charge in [-0.3, -0.25) is 9.69 Å². The van der Waals surface area contributed by atoms with Gasteiger partial charge in [0.2, 0.25) is 0 Å². The van der Waals surface area contributed by atoms with Gasteiger partial charge in [-0.05, 0) is 20.8 Å². The molecule has 1 rings (SSSR count). The van der Waals surface area contributed by atoms with Gasteiger partial charge in [0, 0.05) is 39.8 Å². The van der Waals surface area contributed by atoms with E-state index in [1.807, 2.05) is 18.7 Å². The average Bonchev–Trinajstić information content (AvgIpc) is 2.45. The van der Waals surface area contributed by atoms with Gasteiger partial charge in [-0.15, -0.1) is 0 Å². The van der Waals surface area contributed by atoms with Crippen molar-refractivity contribution in [2.45, 2.75) is 32.9 Å². The number of rotatable bonds is 6. The molecule has 0 radical (unpaired) electrons. The van der Waals surface area contributed by atoms with E-state index in [9.17, 15) is 9.59 Å². The number of amides is 2. The summed E-state index contributed by atoms with van der Waals surface area (Å²) >= 11 is 0. The zero-order chi connectivity index (χ0) is 16.0. The number of carbonyl (C=O) groups excluding carboxylic acids is 1. The van der Waals surface area contributed by atoms with E-state index in [-0.39, 0.29) is 12.1 Å². The lowest BCUT2D eigenvalue weighted by Crippen LogP contribution is -2.55. The third kappa shape index (κ3) is 5.51. The van der Waals surface area contributed by atoms with Crippen LogP contribution in [0.25, 0.3) is 0 Å². The molecule has 1 unspecified atom stereocenters. The third-order valence-electron chi connectivity index (χ3n) is 3.69. The first-order valence-electron chi connectivity index (χ1n) is 7.41. The Balaban J connectivity index is 2.35. The summed E-state index contributed by atoms with van der Waals surface area (Å²) < 4.78 is 5.44. The number of urea groups is 1. The van der Waals surface area contributed by atoms with Crippen molar-refractivity contribution in [1.82, 2.24) is 14.7 Å². The molecule has 0 aromatic carbocycles. The van der Waals surface area contributed by atoms with E-state index in [0.29, 0.717) is 39.3 Å². The van der Waals surface area contributed by atoms with E-state index in [2.05, 4.69) is 0 Å². The molecule has 0 bridgehead atoms. The van der Waals surface area contributed by atoms with Gasteiger partial charge < -0.3 is 19.6 Å². The summed E-state index contributed by atoms with van der Waals surface area (Å²) in [4.78, 5) is 28.5. The zero-order valence-corrected chi connectivity index (χ0v) is 13.4. The lowest BCUT2D eigenvalue weighted by Gasteiger charge is -2.38. The van der Waals surface area contributed by atoms with Crippen molar-refractivity contribution < 1.29 is 19.4 Å². The summed E-state index contributed by atoms with van der Waals surface area (Å²) in [6.07, 6.45) is 0.162. The van der Waals surface area contributed by atoms with Crippen molar-refractivity contribution in [1.29, 1.82) is 0 Å². The molecule has 0 saturated carbocycles. The van der Waals surface area contributed by atoms with Gasteiger partial charge in [-0.25, -0.2) is 4.79 Å². The van der Waals surface area contributed by atoms with Crippen LogP contribution >= 0.6 is 0 Å². The highest BCUT2D eigenvalue weighted by Crippen LogP contribution is 2.08. The maximum Gasteiger partial charge on any atom is 0.320 e. The number of hydrogen-bond acceptors (Lipinski definition) is 4. The number of carboxylic acid groups (broad SMARTS) is 1. The maximum absolute atomic E-state index is 12.2. The fourth-order valence-electron chi connectivity index (χ4n) is 2.22. The van der Waals surface area contributed by atoms with Crippen LogP contribution in [0.15, 0.2) is 0 Å². The number of nitrogens with zero attached hydrogens (tertiary/aromatic N) is 3. The molecule has 1 atom stereocenters. The molecule has 0 aromatic heterocycles. The summed E-state index contributed by atoms with van der Waals surface area (Å²) in [6.45, 7) is 8.99. The number of carboxylic acids is 1. The first-order valence-corrected chi connectivity index (χ1v) is 7.41. The minimum absolute atomic E-state index is 0.0232. The first kappa shape index (κ1) is 17.7. The van der Waals surface area contributed by atoms with Gasteiger partial charge >= 0.3 is 12.0 Å². The van der Waals surface area contributed by atoms with Crippen LogP contribution < -0.4 is 0 Å². The summed E-state index contributed by atoms with van der Waals surface area (Å²) in [6, 6.07) is -0.524. The van der Waals surface area contributed by atoms with Crippen LogP contribution in [0.4, 0.5) is 4.79 Å². The van der Waals surface area contributed by atoms with E-state index < -0.39 is 12.0 Å². The van der Waals surface area contributed by atoms with Crippen LogP contribution in [0.1, 0.15) is 20.8 Å². The molecule has 21 heavy (non-hydrogen) atoms. The SMILES string of the molecule is CC(C)OCCN(C)C(=O)N1CCN(C(C)C(=O)O)CC1. The molecule has 1 aliphatic heterocycles. The molecule has 0 aromatic rings. The number of carbonyl (C=O) groups is 2. The summed E-state index contributed by atoms with van der Waals surface area (Å²) in [5.41, 5.74) is 0. The normalized spacial score (nSPS) is 17.9. The molecular formula is C14H27N3O4. The van der Waals surface area contributed by atoms with Crippen molar-refractivity contribution >= 4 is 12.0 Å². The van der Waals surface area contributed by atoms with Crippen molar-refractivity contribution in [3.8, 4) is 0 Å². The molecule has 1 aliphatic rings. The van der Waals surface area contributed by atoms with E-state index in [4.69, 9.17) is 9.84 Å². The molecule has 0 aliphatic carbocycles. The molecule has 122 valence electrons. The van der Waals surface area contributed by atoms with Gasteiger partial charge in [-0.2, -0.15) is 0 Å². The molecule has 1 fully saturated rings. The van der Waals surface area contributed by atoms with Crippen molar-refractivity contribution in [3.63, 3.8) is 0 Å². The van der Waals surface area contributed by atoms with Crippen molar-refractivity contribution in [2.24, 2.45) is 0 Å². The first-order chi connectivity index (χ1) is 9.82. The van der Waals surface area contributed by atoms with Gasteiger partial charge in [-0.1, -0.05) is 0 Å². The molecule has 1 heterocycles. The van der Waals surface area contributed by atoms with E-state index >= 15 is 0 Å². The second-order valence-electron chi connectivity index (χ2n) is 5.66. The van der Waals surface area contributed by atoms with Gasteiger partial charge in [0.25, 0.3) is 0 Å². The largest absolute Gasteiger partial charge is 0.480 e. The highest BCUT2D eigenvalue weighted by Gasteiger charge is 2.28. The van der Waals surface area contributed by atoms with E-state index in [1.54, 1.807) is 23.8 Å². The highest BCUT2D eigenvalue weighted by atomic mass is 16.5. The van der Waals surface area contributed by atoms with Crippen LogP contribution in [0.2, 0.25) is 0 Å². The van der Waals surface area contributed by atoms with Crippen LogP contribution in [0, 0.1) is 0 Å². The standard InChI is InChI=1S/C14H27N3O4/c1-11(2)21-10-9-15(4)14(20)17-7-5-16(6-8-17)12(3)13(18)19/h11-12H,5-10H2,1-4H3,(H,18,19). The maximum atomic E-state index is 12.2. The number of aliphatic carboxylic acids is 1. The van der Waals surface area contributed by atoms with Crippen molar-refractivity contribution in [3.05, 3.63) is 0 Å². The van der Waals surface area contributed by atoms with Crippen LogP contribution in [-0.4, -0.2) is 90.3 Å². The fourth-order valence-corrected chi connectivity index (χ4v) is 2.22. The van der Waals surface area contributed by atoms with Gasteiger partial charge in [0.15, 0.2) is 0 Å². The van der Waals surface area contributed by atoms with Gasteiger partial charge in [0.05, 0.1) is 12.7 Å². The second kappa shape index (κ2) is 8.19. The van der Waals surface area contributed by atoms with Gasteiger partial charge in [0.1, 0.15) is 6.04 Å². The Labute approximate surface area is 126 Å². The Morgan fingerprint density at radius 2 is 1.76 bits per heavy atom. The predicted octanol–water partition coefficient (Wildman–Crippen LogP) is 0.554. The Morgan fingerprint density at radius 3 is 2.24 bits per heavy atom. The Kier molecular flexibility index (Phi) is 6.91. The van der Waals surface area contributed by atoms with Crippen molar-refractivity contribution in [2.75, 3.05) is 46.4 Å². The summed E-state index contributed by atoms with van der Waals surface area (Å²) in [7, 11) is 1.76. The minimum Gasteiger partial charge on any atom is -0.480 e. The molecule has 7 nitrogen and oxygen atoms in total. The highest BCUT2D eigenvalue weighted by molar-refractivity contribution is 5.75. The molecule has 1 saturated heterocycles. The molecule has 7 heteroatoms. The topological polar surface area (TPSA) is 73.3 Å². The van der Waals surface area contributed by atoms with E-state index in [1.165, 1.54) is 0 Å². The lowest BCUT2D eigenvalue weighted by molar-refractivity contribution is -0.143. The smallest absolute Gasteiger partial charge is 0.320 e.